The number of carboxylic acids is 1. The summed E-state index contributed by atoms with van der Waals surface area (Å²) in [6, 6.07) is 3.48. The normalized spacial score (nSPS) is 11.9. The number of nitrogens with zero attached hydrogens (tertiary/aromatic N) is 1. The summed E-state index contributed by atoms with van der Waals surface area (Å²) < 4.78 is 26.0. The number of carboxylic acid groups (broad SMARTS) is 1. The van der Waals surface area contributed by atoms with Crippen molar-refractivity contribution in [3.05, 3.63) is 42.5 Å². The van der Waals surface area contributed by atoms with Gasteiger partial charge in [-0.25, -0.2) is 8.78 Å². The van der Waals surface area contributed by atoms with E-state index in [1.165, 1.54) is 6.07 Å². The summed E-state index contributed by atoms with van der Waals surface area (Å²) in [5, 5.41) is 8.86. The lowest BCUT2D eigenvalue weighted by atomic mass is 10.1. The van der Waals surface area contributed by atoms with Gasteiger partial charge >= 0.3 is 5.97 Å². The fourth-order valence-electron chi connectivity index (χ4n) is 1.53. The predicted octanol–water partition coefficient (Wildman–Crippen LogP) is 2.68. The molecule has 0 amide bonds. The van der Waals surface area contributed by atoms with Gasteiger partial charge in [0.05, 0.1) is 5.92 Å². The summed E-state index contributed by atoms with van der Waals surface area (Å²) in [7, 11) is 0. The number of aliphatic carboxylic acids is 1. The zero-order chi connectivity index (χ0) is 13.7. The summed E-state index contributed by atoms with van der Waals surface area (Å²) in [5.74, 6) is -3.43. The molecule has 5 heteroatoms. The Morgan fingerprint density at radius 2 is 2.17 bits per heavy atom. The van der Waals surface area contributed by atoms with E-state index in [9.17, 15) is 13.6 Å². The van der Waals surface area contributed by atoms with Gasteiger partial charge in [-0.3, -0.25) is 4.79 Å². The Morgan fingerprint density at radius 1 is 1.50 bits per heavy atom. The summed E-state index contributed by atoms with van der Waals surface area (Å²) >= 11 is 0. The van der Waals surface area contributed by atoms with E-state index in [1.54, 1.807) is 17.9 Å². The lowest BCUT2D eigenvalue weighted by molar-refractivity contribution is -0.140. The molecular formula is C13H15F2NO2. The smallest absolute Gasteiger partial charge is 0.308 e. The van der Waals surface area contributed by atoms with Crippen LogP contribution in [0.1, 0.15) is 6.92 Å². The van der Waals surface area contributed by atoms with Crippen LogP contribution in [0.5, 0.6) is 0 Å². The molecule has 1 atom stereocenters. The molecule has 0 aliphatic rings. The molecule has 3 nitrogen and oxygen atoms in total. The number of hydrogen-bond donors (Lipinski definition) is 1. The van der Waals surface area contributed by atoms with Crippen LogP contribution in [0.15, 0.2) is 30.9 Å². The third-order valence-electron chi connectivity index (χ3n) is 2.53. The average molecular weight is 255 g/mol. The molecule has 0 saturated heterocycles. The predicted molar refractivity (Wildman–Crippen MR) is 65.6 cm³/mol. The topological polar surface area (TPSA) is 40.5 Å². The lowest BCUT2D eigenvalue weighted by Crippen LogP contribution is -2.32. The first-order chi connectivity index (χ1) is 8.45. The van der Waals surface area contributed by atoms with Crippen LogP contribution in [-0.2, 0) is 4.79 Å². The molecule has 0 aromatic heterocycles. The highest BCUT2D eigenvalue weighted by Gasteiger charge is 2.16. The minimum absolute atomic E-state index is 0.201. The quantitative estimate of drug-likeness (QED) is 0.794. The minimum atomic E-state index is -0.954. The Balaban J connectivity index is 2.92. The monoisotopic (exact) mass is 255 g/mol. The van der Waals surface area contributed by atoms with Gasteiger partial charge in [-0.2, -0.15) is 0 Å². The van der Waals surface area contributed by atoms with Crippen molar-refractivity contribution in [2.24, 2.45) is 5.92 Å². The van der Waals surface area contributed by atoms with Crippen LogP contribution < -0.4 is 4.90 Å². The zero-order valence-corrected chi connectivity index (χ0v) is 10.1. The van der Waals surface area contributed by atoms with Gasteiger partial charge in [0.1, 0.15) is 0 Å². The molecule has 1 unspecified atom stereocenters. The number of anilines is 1. The second kappa shape index (κ2) is 6.14. The molecular weight excluding hydrogens is 240 g/mol. The molecule has 1 aromatic carbocycles. The fraction of sp³-hybridized carbons (Fsp3) is 0.308. The molecule has 0 bridgehead atoms. The van der Waals surface area contributed by atoms with Crippen molar-refractivity contribution in [1.82, 2.24) is 0 Å². The first-order valence-electron chi connectivity index (χ1n) is 5.49. The zero-order valence-electron chi connectivity index (χ0n) is 10.1. The Hall–Kier alpha value is -1.91. The molecule has 0 heterocycles. The van der Waals surface area contributed by atoms with Gasteiger partial charge in [0.25, 0.3) is 0 Å². The highest BCUT2D eigenvalue weighted by atomic mass is 19.2. The van der Waals surface area contributed by atoms with Gasteiger partial charge in [0.15, 0.2) is 11.6 Å². The standard InChI is InChI=1S/C13H15F2NO2/c1-3-6-16(8-9(2)13(17)18)10-4-5-11(14)12(15)7-10/h3-5,7,9H,1,6,8H2,2H3,(H,17,18). The van der Waals surface area contributed by atoms with Gasteiger partial charge in [-0.1, -0.05) is 13.0 Å². The van der Waals surface area contributed by atoms with Gasteiger partial charge in [0.2, 0.25) is 0 Å². The van der Waals surface area contributed by atoms with E-state index >= 15 is 0 Å². The summed E-state index contributed by atoms with van der Waals surface area (Å²) in [6.07, 6.45) is 1.58. The second-order valence-electron chi connectivity index (χ2n) is 4.03. The van der Waals surface area contributed by atoms with E-state index in [0.717, 1.165) is 12.1 Å². The first-order valence-corrected chi connectivity index (χ1v) is 5.49. The summed E-state index contributed by atoms with van der Waals surface area (Å²) in [6.45, 7) is 5.68. The highest BCUT2D eigenvalue weighted by molar-refractivity contribution is 5.70. The van der Waals surface area contributed by atoms with Crippen LogP contribution in [0.3, 0.4) is 0 Å². The largest absolute Gasteiger partial charge is 0.481 e. The molecule has 0 spiro atoms. The number of rotatable bonds is 6. The maximum absolute atomic E-state index is 13.1. The average Bonchev–Trinajstić information content (AvgIpc) is 2.32. The van der Waals surface area contributed by atoms with Gasteiger partial charge in [-0.05, 0) is 12.1 Å². The first kappa shape index (κ1) is 14.2. The lowest BCUT2D eigenvalue weighted by Gasteiger charge is -2.25. The molecule has 0 saturated carbocycles. The van der Waals surface area contributed by atoms with Crippen LogP contribution in [0.4, 0.5) is 14.5 Å². The Morgan fingerprint density at radius 3 is 2.67 bits per heavy atom. The fourth-order valence-corrected chi connectivity index (χ4v) is 1.53. The van der Waals surface area contributed by atoms with Gasteiger partial charge in [-0.15, -0.1) is 6.58 Å². The van der Waals surface area contributed by atoms with Gasteiger partial charge < -0.3 is 10.0 Å². The Labute approximate surface area is 104 Å². The molecule has 0 aliphatic heterocycles. The van der Waals surface area contributed by atoms with E-state index < -0.39 is 23.5 Å². The van der Waals surface area contributed by atoms with Crippen LogP contribution in [0.2, 0.25) is 0 Å². The molecule has 1 rings (SSSR count). The Bertz CT molecular complexity index is 449. The second-order valence-corrected chi connectivity index (χ2v) is 4.03. The molecule has 0 radical (unpaired) electrons. The van der Waals surface area contributed by atoms with Crippen molar-refractivity contribution in [1.29, 1.82) is 0 Å². The maximum atomic E-state index is 13.1. The van der Waals surface area contributed by atoms with E-state index in [1.807, 2.05) is 0 Å². The number of benzene rings is 1. The van der Waals surface area contributed by atoms with E-state index in [4.69, 9.17) is 5.11 Å². The van der Waals surface area contributed by atoms with Crippen molar-refractivity contribution in [2.75, 3.05) is 18.0 Å². The third-order valence-corrected chi connectivity index (χ3v) is 2.53. The molecule has 0 aliphatic carbocycles. The summed E-state index contributed by atoms with van der Waals surface area (Å²) in [5.41, 5.74) is 0.432. The van der Waals surface area contributed by atoms with Crippen molar-refractivity contribution in [3.63, 3.8) is 0 Å². The van der Waals surface area contributed by atoms with Crippen LogP contribution in [0, 0.1) is 17.6 Å². The minimum Gasteiger partial charge on any atom is -0.481 e. The van der Waals surface area contributed by atoms with Crippen molar-refractivity contribution in [2.45, 2.75) is 6.92 Å². The molecule has 0 fully saturated rings. The molecule has 98 valence electrons. The SMILES string of the molecule is C=CCN(CC(C)C(=O)O)c1ccc(F)c(F)c1. The molecule has 1 aromatic rings. The van der Waals surface area contributed by atoms with Crippen LogP contribution in [-0.4, -0.2) is 24.2 Å². The third kappa shape index (κ3) is 3.55. The molecule has 18 heavy (non-hydrogen) atoms. The van der Waals surface area contributed by atoms with Crippen molar-refractivity contribution < 1.29 is 18.7 Å². The van der Waals surface area contributed by atoms with Crippen molar-refractivity contribution >= 4 is 11.7 Å². The summed E-state index contributed by atoms with van der Waals surface area (Å²) in [4.78, 5) is 12.4. The van der Waals surface area contributed by atoms with Crippen LogP contribution >= 0.6 is 0 Å². The number of hydrogen-bond acceptors (Lipinski definition) is 2. The van der Waals surface area contributed by atoms with Crippen LogP contribution in [0.25, 0.3) is 0 Å². The highest BCUT2D eigenvalue weighted by Crippen LogP contribution is 2.19. The van der Waals surface area contributed by atoms with E-state index in [0.29, 0.717) is 12.2 Å². The Kier molecular flexibility index (Phi) is 4.83. The van der Waals surface area contributed by atoms with Crippen molar-refractivity contribution in [3.8, 4) is 0 Å². The number of halogens is 2. The maximum Gasteiger partial charge on any atom is 0.308 e. The number of carbonyl (C=O) groups is 1. The van der Waals surface area contributed by atoms with E-state index in [2.05, 4.69) is 6.58 Å². The van der Waals surface area contributed by atoms with E-state index in [-0.39, 0.29) is 6.54 Å². The molecule has 1 N–H and O–H groups in total. The van der Waals surface area contributed by atoms with Gasteiger partial charge in [0, 0.05) is 24.8 Å².